The highest BCUT2D eigenvalue weighted by molar-refractivity contribution is 5.35. The van der Waals surface area contributed by atoms with Crippen LogP contribution in [-0.4, -0.2) is 0 Å². The lowest BCUT2D eigenvalue weighted by Gasteiger charge is -2.13. The highest BCUT2D eigenvalue weighted by Gasteiger charge is 2.07. The maximum absolute atomic E-state index is 3.52. The first-order chi connectivity index (χ1) is 9.83. The topological polar surface area (TPSA) is 0 Å². The summed E-state index contributed by atoms with van der Waals surface area (Å²) in [4.78, 5) is 0. The van der Waals surface area contributed by atoms with Crippen molar-refractivity contribution < 1.29 is 0 Å². The van der Waals surface area contributed by atoms with E-state index in [9.17, 15) is 0 Å². The van der Waals surface area contributed by atoms with Crippen LogP contribution < -0.4 is 0 Å². The van der Waals surface area contributed by atoms with Crippen molar-refractivity contribution >= 4 is 0 Å². The minimum absolute atomic E-state index is 1.16. The summed E-state index contributed by atoms with van der Waals surface area (Å²) in [6, 6.07) is 7.94. The van der Waals surface area contributed by atoms with Crippen LogP contribution >= 0.6 is 0 Å². The molecule has 1 radical (unpaired) electrons. The third-order valence-corrected chi connectivity index (χ3v) is 4.24. The van der Waals surface area contributed by atoms with Crippen LogP contribution in [0, 0.1) is 6.07 Å². The second-order valence-electron chi connectivity index (χ2n) is 5.93. The monoisotopic (exact) mass is 273 g/mol. The minimum Gasteiger partial charge on any atom is -0.0654 e. The van der Waals surface area contributed by atoms with Gasteiger partial charge in [-0.3, -0.25) is 0 Å². The van der Waals surface area contributed by atoms with Crippen molar-refractivity contribution in [3.8, 4) is 0 Å². The van der Waals surface area contributed by atoms with E-state index >= 15 is 0 Å². The molecular formula is C20H33. The molecule has 0 nitrogen and oxygen atoms in total. The Bertz CT molecular complexity index is 351. The van der Waals surface area contributed by atoms with E-state index in [-0.39, 0.29) is 0 Å². The minimum atomic E-state index is 1.16. The summed E-state index contributed by atoms with van der Waals surface area (Å²) in [5, 5.41) is 0. The summed E-state index contributed by atoms with van der Waals surface area (Å²) in [7, 11) is 0. The van der Waals surface area contributed by atoms with Crippen molar-refractivity contribution in [2.45, 2.75) is 91.4 Å². The predicted molar refractivity (Wildman–Crippen MR) is 90.3 cm³/mol. The summed E-state index contributed by atoms with van der Waals surface area (Å²) in [6.07, 6.45) is 14.5. The summed E-state index contributed by atoms with van der Waals surface area (Å²) >= 11 is 0. The van der Waals surface area contributed by atoms with Crippen molar-refractivity contribution in [1.29, 1.82) is 0 Å². The molecule has 0 aliphatic rings. The van der Waals surface area contributed by atoms with Gasteiger partial charge >= 0.3 is 0 Å². The summed E-state index contributed by atoms with van der Waals surface area (Å²) in [5.74, 6) is 0. The maximum atomic E-state index is 3.52. The Balaban J connectivity index is 2.50. The second kappa shape index (κ2) is 10.9. The van der Waals surface area contributed by atoms with Gasteiger partial charge in [0.25, 0.3) is 0 Å². The number of benzene rings is 1. The van der Waals surface area contributed by atoms with Gasteiger partial charge in [-0.15, -0.1) is 0 Å². The molecule has 0 atom stereocenters. The lowest BCUT2D eigenvalue weighted by Crippen LogP contribution is -2.00. The van der Waals surface area contributed by atoms with Gasteiger partial charge in [-0.2, -0.15) is 0 Å². The molecule has 0 heterocycles. The van der Waals surface area contributed by atoms with Crippen molar-refractivity contribution in [2.75, 3.05) is 0 Å². The van der Waals surface area contributed by atoms with E-state index in [0.29, 0.717) is 0 Å². The van der Waals surface area contributed by atoms with Gasteiger partial charge in [0.05, 0.1) is 0 Å². The molecule has 0 aliphatic heterocycles. The fourth-order valence-electron chi connectivity index (χ4n) is 2.93. The van der Waals surface area contributed by atoms with E-state index in [1.54, 1.807) is 11.1 Å². The molecule has 0 saturated heterocycles. The Labute approximate surface area is 127 Å². The molecule has 0 aliphatic carbocycles. The van der Waals surface area contributed by atoms with E-state index in [4.69, 9.17) is 0 Å². The van der Waals surface area contributed by atoms with Gasteiger partial charge in [-0.05, 0) is 54.9 Å². The molecular weight excluding hydrogens is 240 g/mol. The van der Waals surface area contributed by atoms with Gasteiger partial charge in [0.1, 0.15) is 0 Å². The lowest BCUT2D eigenvalue weighted by molar-refractivity contribution is 0.605. The van der Waals surface area contributed by atoms with Crippen LogP contribution in [0.5, 0.6) is 0 Å². The highest BCUT2D eigenvalue weighted by atomic mass is 14.1. The smallest absolute Gasteiger partial charge is 0.0146 e. The number of rotatable bonds is 11. The van der Waals surface area contributed by atoms with Gasteiger partial charge in [-0.1, -0.05) is 71.4 Å². The van der Waals surface area contributed by atoms with Crippen LogP contribution in [-0.2, 0) is 19.3 Å². The number of unbranched alkanes of at least 4 members (excludes halogenated alkanes) is 6. The second-order valence-corrected chi connectivity index (χ2v) is 5.93. The summed E-state index contributed by atoms with van der Waals surface area (Å²) in [6.45, 7) is 6.84. The molecule has 0 spiro atoms. The van der Waals surface area contributed by atoms with Crippen LogP contribution in [0.15, 0.2) is 12.1 Å². The molecule has 0 unspecified atom stereocenters. The van der Waals surface area contributed by atoms with E-state index in [1.165, 1.54) is 69.8 Å². The van der Waals surface area contributed by atoms with Crippen LogP contribution in [0.25, 0.3) is 0 Å². The third kappa shape index (κ3) is 6.11. The molecule has 20 heavy (non-hydrogen) atoms. The molecule has 0 N–H and O–H groups in total. The van der Waals surface area contributed by atoms with Gasteiger partial charge in [0.15, 0.2) is 0 Å². The van der Waals surface area contributed by atoms with Gasteiger partial charge in [0, 0.05) is 0 Å². The van der Waals surface area contributed by atoms with E-state index in [1.807, 2.05) is 0 Å². The lowest BCUT2D eigenvalue weighted by atomic mass is 9.92. The molecule has 0 amide bonds. The van der Waals surface area contributed by atoms with Crippen LogP contribution in [0.3, 0.4) is 0 Å². The van der Waals surface area contributed by atoms with E-state index in [2.05, 4.69) is 39.0 Å². The average molecular weight is 273 g/mol. The Morgan fingerprint density at radius 3 is 2.20 bits per heavy atom. The normalized spacial score (nSPS) is 10.9. The number of hydrogen-bond donors (Lipinski definition) is 0. The Morgan fingerprint density at radius 2 is 1.50 bits per heavy atom. The fraction of sp³-hybridized carbons (Fsp3) is 0.700. The van der Waals surface area contributed by atoms with Crippen molar-refractivity contribution in [2.24, 2.45) is 0 Å². The van der Waals surface area contributed by atoms with Crippen molar-refractivity contribution in [1.82, 2.24) is 0 Å². The number of hydrogen-bond acceptors (Lipinski definition) is 0. The molecule has 0 aromatic heterocycles. The number of aryl methyl sites for hydroxylation is 2. The quantitative estimate of drug-likeness (QED) is 0.415. The van der Waals surface area contributed by atoms with Gasteiger partial charge in [-0.25, -0.2) is 0 Å². The van der Waals surface area contributed by atoms with Gasteiger partial charge in [0.2, 0.25) is 0 Å². The Kier molecular flexibility index (Phi) is 9.45. The molecule has 113 valence electrons. The predicted octanol–water partition coefficient (Wildman–Crippen LogP) is 6.29. The molecule has 0 bridgehead atoms. The van der Waals surface area contributed by atoms with Crippen LogP contribution in [0.2, 0.25) is 0 Å². The zero-order valence-electron chi connectivity index (χ0n) is 13.9. The van der Waals surface area contributed by atoms with Crippen LogP contribution in [0.1, 0.15) is 88.8 Å². The highest BCUT2D eigenvalue weighted by Crippen LogP contribution is 2.20. The first-order valence-corrected chi connectivity index (χ1v) is 8.84. The van der Waals surface area contributed by atoms with E-state index < -0.39 is 0 Å². The molecule has 0 saturated carbocycles. The first-order valence-electron chi connectivity index (χ1n) is 8.84. The average Bonchev–Trinajstić information content (AvgIpc) is 2.49. The van der Waals surface area contributed by atoms with E-state index in [0.717, 1.165) is 6.42 Å². The zero-order chi connectivity index (χ0) is 14.6. The van der Waals surface area contributed by atoms with Gasteiger partial charge < -0.3 is 0 Å². The van der Waals surface area contributed by atoms with Crippen molar-refractivity contribution in [3.63, 3.8) is 0 Å². The molecule has 1 rings (SSSR count). The molecule has 0 fully saturated rings. The van der Waals surface area contributed by atoms with Crippen LogP contribution in [0.4, 0.5) is 0 Å². The Hall–Kier alpha value is -0.780. The molecule has 0 heteroatoms. The Morgan fingerprint density at radius 1 is 0.800 bits per heavy atom. The zero-order valence-corrected chi connectivity index (χ0v) is 13.9. The largest absolute Gasteiger partial charge is 0.0654 e. The standard InChI is InChI=1S/C20H33/c1-4-7-9-10-11-12-14-19-16-13-15-18(6-3)20(19)17-8-5-2/h13,15H,4-12,14,17H2,1-3H3. The van der Waals surface area contributed by atoms with Crippen molar-refractivity contribution in [3.05, 3.63) is 34.9 Å². The molecule has 1 aromatic carbocycles. The summed E-state index contributed by atoms with van der Waals surface area (Å²) < 4.78 is 0. The third-order valence-electron chi connectivity index (χ3n) is 4.24. The maximum Gasteiger partial charge on any atom is -0.0146 e. The SMILES string of the molecule is CCCCCCCCc1[c]ccc(CC)c1CCCC. The molecule has 1 aromatic rings. The fourth-order valence-corrected chi connectivity index (χ4v) is 2.93. The summed E-state index contributed by atoms with van der Waals surface area (Å²) in [5.41, 5.74) is 4.68. The first kappa shape index (κ1) is 17.3.